The van der Waals surface area contributed by atoms with E-state index in [4.69, 9.17) is 40.1 Å². The second kappa shape index (κ2) is 53.8. The van der Waals surface area contributed by atoms with Crippen LogP contribution in [0.5, 0.6) is 0 Å². The fourth-order valence-corrected chi connectivity index (χ4v) is 10.3. The number of nitrogens with zero attached hydrogens (tertiary/aromatic N) is 10. The number of carbonyl (C=O) groups is 16. The lowest BCUT2D eigenvalue weighted by atomic mass is 10.3. The molecule has 8 amide bonds. The number of rotatable bonds is 49. The molecule has 0 radical (unpaired) electrons. The molecule has 0 aliphatic carbocycles. The fraction of sp³-hybridized carbons (Fsp3) is 0.733. The van der Waals surface area contributed by atoms with Gasteiger partial charge in [-0.3, -0.25) is 116 Å². The van der Waals surface area contributed by atoms with Gasteiger partial charge in [0.05, 0.1) is 91.9 Å². The van der Waals surface area contributed by atoms with Crippen molar-refractivity contribution in [3.05, 3.63) is 0 Å². The number of ether oxygens (including phenoxy) is 2. The first kappa shape index (κ1) is 91.1. The van der Waals surface area contributed by atoms with Crippen molar-refractivity contribution in [2.75, 3.05) is 275 Å². The first-order valence-corrected chi connectivity index (χ1v) is 33.7. The molecule has 2 aliphatic heterocycles. The number of carboxylic acids is 8. The molecule has 0 spiro atoms. The molecular weight excluding hydrogens is 1390 g/mol. The van der Waals surface area contributed by atoms with Crippen LogP contribution in [0.2, 0.25) is 0 Å². The predicted molar refractivity (Wildman–Crippen MR) is 360 cm³/mol. The van der Waals surface area contributed by atoms with E-state index in [0.717, 1.165) is 0 Å². The minimum atomic E-state index is -1.26. The molecule has 44 nitrogen and oxygen atoms in total. The van der Waals surface area contributed by atoms with Gasteiger partial charge in [-0.25, -0.2) is 0 Å². The van der Waals surface area contributed by atoms with E-state index in [-0.39, 0.29) is 184 Å². The molecule has 2 heterocycles. The summed E-state index contributed by atoms with van der Waals surface area (Å²) >= 11 is 0. The van der Waals surface area contributed by atoms with Gasteiger partial charge in [0.2, 0.25) is 47.3 Å². The minimum absolute atomic E-state index is 0.0135. The molecule has 2 saturated heterocycles. The van der Waals surface area contributed by atoms with Crippen molar-refractivity contribution in [1.29, 1.82) is 0 Å². The van der Waals surface area contributed by atoms with Crippen molar-refractivity contribution < 1.29 is 127 Å². The topological polar surface area (TPSA) is 582 Å². The Morgan fingerprint density at radius 2 is 0.452 bits per heavy atom. The van der Waals surface area contributed by atoms with E-state index in [0.29, 0.717) is 52.1 Å². The Labute approximate surface area is 599 Å². The summed E-state index contributed by atoms with van der Waals surface area (Å²) < 4.78 is 11.3. The molecule has 0 aromatic heterocycles. The maximum absolute atomic E-state index is 13.2. The predicted octanol–water partition coefficient (Wildman–Crippen LogP) is -11.5. The second-order valence-corrected chi connectivity index (χ2v) is 24.2. The van der Waals surface area contributed by atoms with Gasteiger partial charge in [0.15, 0.2) is 0 Å². The van der Waals surface area contributed by atoms with Crippen LogP contribution in [0, 0.1) is 0 Å². The van der Waals surface area contributed by atoms with Crippen molar-refractivity contribution in [3.63, 3.8) is 0 Å². The average Bonchev–Trinajstić information content (AvgIpc) is 0.910. The molecule has 0 atom stereocenters. The largest absolute Gasteiger partial charge is 0.480 e. The molecule has 2 rings (SSSR count). The van der Waals surface area contributed by atoms with Crippen molar-refractivity contribution in [1.82, 2.24) is 91.5 Å². The van der Waals surface area contributed by atoms with Crippen LogP contribution in [0.3, 0.4) is 0 Å². The maximum atomic E-state index is 13.2. The van der Waals surface area contributed by atoms with E-state index in [9.17, 15) is 86.9 Å². The Bertz CT molecular complexity index is 2500. The molecule has 44 heteroatoms. The highest BCUT2D eigenvalue weighted by atomic mass is 16.5. The van der Waals surface area contributed by atoms with Crippen LogP contribution < -0.4 is 42.5 Å². The van der Waals surface area contributed by atoms with Crippen LogP contribution in [0.25, 0.3) is 0 Å². The van der Waals surface area contributed by atoms with Crippen LogP contribution in [-0.2, 0) is 86.2 Å². The smallest absolute Gasteiger partial charge is 0.322 e. The summed E-state index contributed by atoms with van der Waals surface area (Å²) in [7, 11) is 0. The lowest BCUT2D eigenvalue weighted by molar-refractivity contribution is -0.140. The normalized spacial score (nSPS) is 15.7. The third-order valence-electron chi connectivity index (χ3n) is 15.6. The van der Waals surface area contributed by atoms with Gasteiger partial charge in [-0.2, -0.15) is 0 Å². The number of aliphatic carboxylic acids is 8. The Hall–Kier alpha value is -8.96. The van der Waals surface area contributed by atoms with Gasteiger partial charge in [0.1, 0.15) is 39.3 Å². The van der Waals surface area contributed by atoms with Gasteiger partial charge < -0.3 is 103 Å². The summed E-state index contributed by atoms with van der Waals surface area (Å²) in [4.78, 5) is 211. The highest BCUT2D eigenvalue weighted by molar-refractivity contribution is 5.86. The molecule has 16 N–H and O–H groups in total. The molecule has 0 aromatic carbocycles. The average molecular weight is 1490 g/mol. The Morgan fingerprint density at radius 1 is 0.250 bits per heavy atom. The number of hydrogen-bond acceptors (Lipinski definition) is 28. The maximum Gasteiger partial charge on any atom is 0.322 e. The Morgan fingerprint density at radius 3 is 0.644 bits per heavy atom. The zero-order chi connectivity index (χ0) is 77.2. The molecule has 104 heavy (non-hydrogen) atoms. The number of hydrogen-bond donors (Lipinski definition) is 16. The molecule has 0 saturated carbocycles. The summed E-state index contributed by atoms with van der Waals surface area (Å²) in [6, 6.07) is 0. The van der Waals surface area contributed by atoms with Gasteiger partial charge in [0, 0.05) is 131 Å². The first-order valence-electron chi connectivity index (χ1n) is 33.7. The number of nitrogens with one attached hydrogen (secondary N) is 8. The SMILES string of the molecule is O=C(O)CNC(=O)CN1CCN(CCCNC(=O)CN(CCOCCOCCN(CC(=O)O)CC(=O)NCCCN2CCN(CC(=O)NCC(=O)O)CCN(CC(=O)NCC(=O)O)CCN(CC(=O)NCC(=O)O)CC2)CC(=O)O)CCN(CC(=O)NCC(=O)O)CCN(CC(=O)NCC(=O)O)CC1. The van der Waals surface area contributed by atoms with Gasteiger partial charge >= 0.3 is 47.8 Å². The first-order chi connectivity index (χ1) is 49.4. The standard InChI is InChI=1S/C60H104N18O26/c79-45(61-3-1-5-69-7-11-71(35-47(81)63-29-53(87)88)15-19-75(39-51(85)67-33-57(95)96)20-16-72(12-8-69)36-48(82)64-30-54(89)90)41-77(43-59(99)100)23-25-103-27-28-104-26-24-78(44-60(101)102)42-46(80)62-4-2-6-70-9-13-73(37-49(83)65-31-55(91)92)17-21-76(40-52(86)68-34-58(97)98)22-18-74(14-10-70)38-50(84)66-32-56(93)94/h1-44H2,(H,61,79)(H,62,80)(H,63,81)(H,64,82)(H,65,83)(H,66,84)(H,67,85)(H,68,86)(H,87,88)(H,89,90)(H,91,92)(H,93,94)(H,95,96)(H,97,98)(H,99,100)(H,101,102). The minimum Gasteiger partial charge on any atom is -0.480 e. The van der Waals surface area contributed by atoms with E-state index < -0.39 is 147 Å². The highest BCUT2D eigenvalue weighted by Gasteiger charge is 2.25. The number of carbonyl (C=O) groups excluding carboxylic acids is 8. The van der Waals surface area contributed by atoms with Crippen molar-refractivity contribution >= 4 is 95.0 Å². The zero-order valence-corrected chi connectivity index (χ0v) is 58.5. The molecule has 0 bridgehead atoms. The molecule has 0 unspecified atom stereocenters. The van der Waals surface area contributed by atoms with E-state index in [1.807, 2.05) is 9.80 Å². The van der Waals surface area contributed by atoms with E-state index in [1.54, 1.807) is 29.4 Å². The van der Waals surface area contributed by atoms with Crippen molar-refractivity contribution in [3.8, 4) is 0 Å². The monoisotopic (exact) mass is 1490 g/mol. The molecule has 2 aliphatic rings. The van der Waals surface area contributed by atoms with Crippen molar-refractivity contribution in [2.24, 2.45) is 0 Å². The van der Waals surface area contributed by atoms with Crippen LogP contribution in [0.15, 0.2) is 0 Å². The quantitative estimate of drug-likeness (QED) is 0.0252. The lowest BCUT2D eigenvalue weighted by Gasteiger charge is -2.34. The van der Waals surface area contributed by atoms with Crippen molar-refractivity contribution in [2.45, 2.75) is 12.8 Å². The highest BCUT2D eigenvalue weighted by Crippen LogP contribution is 2.06. The summed E-state index contributed by atoms with van der Waals surface area (Å²) in [5, 5.41) is 93.3. The molecule has 590 valence electrons. The number of carboxylic acid groups (broad SMARTS) is 8. The van der Waals surface area contributed by atoms with Crippen LogP contribution >= 0.6 is 0 Å². The van der Waals surface area contributed by atoms with Gasteiger partial charge in [-0.15, -0.1) is 0 Å². The summed E-state index contributed by atoms with van der Waals surface area (Å²) in [6.07, 6.45) is 0.759. The third-order valence-corrected chi connectivity index (χ3v) is 15.6. The molecule has 2 fully saturated rings. The second-order valence-electron chi connectivity index (χ2n) is 24.2. The Kier molecular flexibility index (Phi) is 47.1. The van der Waals surface area contributed by atoms with Crippen LogP contribution in [0.1, 0.15) is 12.8 Å². The van der Waals surface area contributed by atoms with Crippen LogP contribution in [0.4, 0.5) is 0 Å². The van der Waals surface area contributed by atoms with Gasteiger partial charge in [0.25, 0.3) is 0 Å². The van der Waals surface area contributed by atoms with Gasteiger partial charge in [-0.05, 0) is 25.9 Å². The van der Waals surface area contributed by atoms with E-state index >= 15 is 0 Å². The molecule has 0 aromatic rings. The Balaban J connectivity index is 1.98. The lowest BCUT2D eigenvalue weighted by Crippen LogP contribution is -2.51. The fourth-order valence-electron chi connectivity index (χ4n) is 10.3. The summed E-state index contributed by atoms with van der Waals surface area (Å²) in [6.45, 7) is -1.76. The zero-order valence-electron chi connectivity index (χ0n) is 58.5. The van der Waals surface area contributed by atoms with Gasteiger partial charge in [-0.1, -0.05) is 0 Å². The summed E-state index contributed by atoms with van der Waals surface area (Å²) in [5.41, 5.74) is 0. The summed E-state index contributed by atoms with van der Waals surface area (Å²) in [5.74, 6) is -14.4. The van der Waals surface area contributed by atoms with Crippen LogP contribution in [-0.4, -0.2) is 460 Å². The number of amides is 8. The van der Waals surface area contributed by atoms with E-state index in [1.165, 1.54) is 9.80 Å². The molecular formula is C60H104N18O26. The van der Waals surface area contributed by atoms with E-state index in [2.05, 4.69) is 42.5 Å². The third kappa shape index (κ3) is 49.6.